The molecule has 2 aromatic carbocycles. The lowest BCUT2D eigenvalue weighted by molar-refractivity contribution is 1.11. The SMILES string of the molecule is Cc1cc2nc(-c3n[nH]c4cccc(Cl)c34)[nH]c2cc1C. The number of imidazole rings is 1. The van der Waals surface area contributed by atoms with Gasteiger partial charge in [-0.15, -0.1) is 0 Å². The van der Waals surface area contributed by atoms with Gasteiger partial charge in [-0.1, -0.05) is 17.7 Å². The minimum absolute atomic E-state index is 0.670. The highest BCUT2D eigenvalue weighted by atomic mass is 35.5. The van der Waals surface area contributed by atoms with Crippen molar-refractivity contribution in [3.63, 3.8) is 0 Å². The molecule has 4 aromatic rings. The molecule has 4 nitrogen and oxygen atoms in total. The van der Waals surface area contributed by atoms with Crippen LogP contribution in [0.1, 0.15) is 11.1 Å². The van der Waals surface area contributed by atoms with Gasteiger partial charge in [-0.05, 0) is 49.2 Å². The van der Waals surface area contributed by atoms with Crippen LogP contribution in [0.25, 0.3) is 33.5 Å². The van der Waals surface area contributed by atoms with Crippen LogP contribution in [0, 0.1) is 13.8 Å². The van der Waals surface area contributed by atoms with E-state index in [0.29, 0.717) is 5.02 Å². The summed E-state index contributed by atoms with van der Waals surface area (Å²) in [6, 6.07) is 9.91. The maximum absolute atomic E-state index is 6.30. The molecule has 0 bridgehead atoms. The molecule has 2 heterocycles. The zero-order chi connectivity index (χ0) is 14.6. The first kappa shape index (κ1) is 12.4. The van der Waals surface area contributed by atoms with E-state index >= 15 is 0 Å². The second-order valence-electron chi connectivity index (χ2n) is 5.27. The highest BCUT2D eigenvalue weighted by molar-refractivity contribution is 6.36. The molecule has 21 heavy (non-hydrogen) atoms. The standard InChI is InChI=1S/C16H13ClN4/c1-8-6-12-13(7-9(8)2)19-16(18-12)15-14-10(17)4-3-5-11(14)20-21-15/h3-7H,1-2H3,(H,18,19)(H,20,21). The van der Waals surface area contributed by atoms with E-state index in [9.17, 15) is 0 Å². The molecule has 2 aromatic heterocycles. The van der Waals surface area contributed by atoms with Crippen molar-refractivity contribution in [2.45, 2.75) is 13.8 Å². The molecule has 4 rings (SSSR count). The van der Waals surface area contributed by atoms with E-state index < -0.39 is 0 Å². The van der Waals surface area contributed by atoms with Crippen molar-refractivity contribution >= 4 is 33.5 Å². The topological polar surface area (TPSA) is 57.4 Å². The Balaban J connectivity index is 2.00. The van der Waals surface area contributed by atoms with Crippen molar-refractivity contribution in [3.05, 3.63) is 46.5 Å². The van der Waals surface area contributed by atoms with Gasteiger partial charge in [0.15, 0.2) is 5.82 Å². The quantitative estimate of drug-likeness (QED) is 0.548. The number of aryl methyl sites for hydroxylation is 2. The van der Waals surface area contributed by atoms with Gasteiger partial charge >= 0.3 is 0 Å². The normalized spacial score (nSPS) is 11.6. The minimum atomic E-state index is 0.670. The number of rotatable bonds is 1. The average molecular weight is 297 g/mol. The lowest BCUT2D eigenvalue weighted by atomic mass is 10.1. The molecule has 0 amide bonds. The van der Waals surface area contributed by atoms with Gasteiger partial charge in [-0.2, -0.15) is 5.10 Å². The summed E-state index contributed by atoms with van der Waals surface area (Å²) in [6.45, 7) is 4.18. The molecule has 2 N–H and O–H groups in total. The Hall–Kier alpha value is -2.33. The summed E-state index contributed by atoms with van der Waals surface area (Å²) in [4.78, 5) is 7.98. The van der Waals surface area contributed by atoms with Crippen LogP contribution in [-0.4, -0.2) is 20.2 Å². The van der Waals surface area contributed by atoms with E-state index in [1.54, 1.807) is 0 Å². The average Bonchev–Trinajstić information content (AvgIpc) is 3.03. The first-order valence-electron chi connectivity index (χ1n) is 6.73. The molecule has 0 unspecified atom stereocenters. The molecule has 0 atom stereocenters. The number of aromatic amines is 2. The van der Waals surface area contributed by atoms with Gasteiger partial charge in [0.25, 0.3) is 0 Å². The molecular weight excluding hydrogens is 284 g/mol. The van der Waals surface area contributed by atoms with Gasteiger partial charge in [0.1, 0.15) is 5.69 Å². The van der Waals surface area contributed by atoms with E-state index in [1.165, 1.54) is 11.1 Å². The maximum Gasteiger partial charge on any atom is 0.159 e. The molecule has 0 radical (unpaired) electrons. The van der Waals surface area contributed by atoms with Crippen LogP contribution in [-0.2, 0) is 0 Å². The van der Waals surface area contributed by atoms with Gasteiger partial charge in [0, 0.05) is 5.39 Å². The Morgan fingerprint density at radius 1 is 1.05 bits per heavy atom. The number of hydrogen-bond donors (Lipinski definition) is 2. The maximum atomic E-state index is 6.30. The first-order chi connectivity index (χ1) is 10.1. The fourth-order valence-corrected chi connectivity index (χ4v) is 2.85. The summed E-state index contributed by atoms with van der Waals surface area (Å²) in [6.07, 6.45) is 0. The Morgan fingerprint density at radius 3 is 2.71 bits per heavy atom. The van der Waals surface area contributed by atoms with E-state index in [1.807, 2.05) is 18.2 Å². The summed E-state index contributed by atoms with van der Waals surface area (Å²) in [5, 5.41) is 8.93. The van der Waals surface area contributed by atoms with Crippen molar-refractivity contribution in [2.24, 2.45) is 0 Å². The largest absolute Gasteiger partial charge is 0.337 e. The zero-order valence-corrected chi connectivity index (χ0v) is 12.4. The molecule has 0 aliphatic heterocycles. The van der Waals surface area contributed by atoms with Crippen molar-refractivity contribution in [1.82, 2.24) is 20.2 Å². The molecule has 5 heteroatoms. The molecule has 0 aliphatic rings. The first-order valence-corrected chi connectivity index (χ1v) is 7.11. The highest BCUT2D eigenvalue weighted by Gasteiger charge is 2.15. The molecule has 0 saturated heterocycles. The Labute approximate surface area is 126 Å². The Morgan fingerprint density at radius 2 is 1.86 bits per heavy atom. The predicted octanol–water partition coefficient (Wildman–Crippen LogP) is 4.38. The summed E-state index contributed by atoms with van der Waals surface area (Å²) < 4.78 is 0. The summed E-state index contributed by atoms with van der Waals surface area (Å²) in [7, 11) is 0. The lowest BCUT2D eigenvalue weighted by Crippen LogP contribution is -1.81. The number of fused-ring (bicyclic) bond motifs is 2. The van der Waals surface area contributed by atoms with E-state index in [0.717, 1.165) is 33.5 Å². The molecule has 0 fully saturated rings. The predicted molar refractivity (Wildman–Crippen MR) is 85.7 cm³/mol. The van der Waals surface area contributed by atoms with Gasteiger partial charge in [0.05, 0.1) is 21.6 Å². The van der Waals surface area contributed by atoms with E-state index in [-0.39, 0.29) is 0 Å². The van der Waals surface area contributed by atoms with E-state index in [4.69, 9.17) is 11.6 Å². The number of H-pyrrole nitrogens is 2. The third kappa shape index (κ3) is 1.83. The van der Waals surface area contributed by atoms with Crippen LogP contribution in [0.2, 0.25) is 5.02 Å². The van der Waals surface area contributed by atoms with Crippen molar-refractivity contribution in [3.8, 4) is 11.5 Å². The third-order valence-corrected chi connectivity index (χ3v) is 4.18. The van der Waals surface area contributed by atoms with Gasteiger partial charge in [-0.25, -0.2) is 4.98 Å². The number of halogens is 1. The molecule has 0 spiro atoms. The van der Waals surface area contributed by atoms with Gasteiger partial charge in [0.2, 0.25) is 0 Å². The highest BCUT2D eigenvalue weighted by Crippen LogP contribution is 2.31. The zero-order valence-electron chi connectivity index (χ0n) is 11.7. The minimum Gasteiger partial charge on any atom is -0.337 e. The number of nitrogens with one attached hydrogen (secondary N) is 2. The van der Waals surface area contributed by atoms with Crippen molar-refractivity contribution in [2.75, 3.05) is 0 Å². The van der Waals surface area contributed by atoms with Crippen LogP contribution in [0.3, 0.4) is 0 Å². The van der Waals surface area contributed by atoms with Crippen molar-refractivity contribution < 1.29 is 0 Å². The third-order valence-electron chi connectivity index (χ3n) is 3.86. The van der Waals surface area contributed by atoms with Crippen LogP contribution in [0.15, 0.2) is 30.3 Å². The molecule has 0 saturated carbocycles. The number of hydrogen-bond acceptors (Lipinski definition) is 2. The van der Waals surface area contributed by atoms with Crippen LogP contribution in [0.5, 0.6) is 0 Å². The van der Waals surface area contributed by atoms with Gasteiger partial charge in [-0.3, -0.25) is 5.10 Å². The van der Waals surface area contributed by atoms with Crippen LogP contribution >= 0.6 is 11.6 Å². The van der Waals surface area contributed by atoms with Crippen molar-refractivity contribution in [1.29, 1.82) is 0 Å². The summed E-state index contributed by atoms with van der Waals surface area (Å²) in [5.41, 5.74) is 6.08. The van der Waals surface area contributed by atoms with Gasteiger partial charge < -0.3 is 4.98 Å². The fourth-order valence-electron chi connectivity index (χ4n) is 2.58. The monoisotopic (exact) mass is 296 g/mol. The Bertz CT molecular complexity index is 942. The smallest absolute Gasteiger partial charge is 0.159 e. The summed E-state index contributed by atoms with van der Waals surface area (Å²) >= 11 is 6.30. The van der Waals surface area contributed by atoms with Crippen LogP contribution in [0.4, 0.5) is 0 Å². The second-order valence-corrected chi connectivity index (χ2v) is 5.68. The Kier molecular flexibility index (Phi) is 2.56. The van der Waals surface area contributed by atoms with Crippen LogP contribution < -0.4 is 0 Å². The number of aromatic nitrogens is 4. The summed E-state index contributed by atoms with van der Waals surface area (Å²) in [5.74, 6) is 0.731. The fraction of sp³-hybridized carbons (Fsp3) is 0.125. The molecule has 104 valence electrons. The number of nitrogens with zero attached hydrogens (tertiary/aromatic N) is 2. The number of benzene rings is 2. The second kappa shape index (κ2) is 4.33. The lowest BCUT2D eigenvalue weighted by Gasteiger charge is -1.97. The molecular formula is C16H13ClN4. The van der Waals surface area contributed by atoms with E-state index in [2.05, 4.69) is 46.1 Å². The molecule has 0 aliphatic carbocycles.